The van der Waals surface area contributed by atoms with Gasteiger partial charge in [-0.25, -0.2) is 4.79 Å². The van der Waals surface area contributed by atoms with Crippen LogP contribution in [0.15, 0.2) is 47.1 Å². The molecule has 0 aliphatic carbocycles. The summed E-state index contributed by atoms with van der Waals surface area (Å²) in [6, 6.07) is 9.94. The molecule has 1 aliphatic heterocycles. The molecule has 1 aromatic heterocycles. The number of imide groups is 1. The van der Waals surface area contributed by atoms with E-state index in [1.165, 1.54) is 0 Å². The summed E-state index contributed by atoms with van der Waals surface area (Å²) in [6.07, 6.45) is 1.54. The Bertz CT molecular complexity index is 811. The first-order chi connectivity index (χ1) is 11.9. The zero-order valence-electron chi connectivity index (χ0n) is 14.0. The molecule has 25 heavy (non-hydrogen) atoms. The average Bonchev–Trinajstić information content (AvgIpc) is 3.15. The number of furan rings is 1. The summed E-state index contributed by atoms with van der Waals surface area (Å²) in [4.78, 5) is 37.6. The topological polar surface area (TPSA) is 91.7 Å². The van der Waals surface area contributed by atoms with Crippen LogP contribution < -0.4 is 10.6 Å². The van der Waals surface area contributed by atoms with E-state index in [1.54, 1.807) is 56.5 Å². The third-order valence-electron chi connectivity index (χ3n) is 3.98. The van der Waals surface area contributed by atoms with Crippen molar-refractivity contribution in [2.24, 2.45) is 0 Å². The van der Waals surface area contributed by atoms with Crippen LogP contribution in [0.3, 0.4) is 0 Å². The highest BCUT2D eigenvalue weighted by molar-refractivity contribution is 6.06. The Morgan fingerprint density at radius 2 is 2.04 bits per heavy atom. The summed E-state index contributed by atoms with van der Waals surface area (Å²) in [7, 11) is 0. The van der Waals surface area contributed by atoms with Gasteiger partial charge in [-0.1, -0.05) is 12.1 Å². The van der Waals surface area contributed by atoms with Crippen molar-refractivity contribution >= 4 is 17.8 Å². The summed E-state index contributed by atoms with van der Waals surface area (Å²) in [5.74, 6) is 0.118. The minimum Gasteiger partial charge on any atom is -0.467 e. The summed E-state index contributed by atoms with van der Waals surface area (Å²) in [5, 5.41) is 5.39. The van der Waals surface area contributed by atoms with Gasteiger partial charge < -0.3 is 15.1 Å². The molecule has 1 aromatic carbocycles. The SMILES string of the molecule is CC1(C)NC(=O)N(Cc2cccc(C(=O)NCc3ccco3)c2)C1=O. The van der Waals surface area contributed by atoms with E-state index in [0.29, 0.717) is 16.9 Å². The van der Waals surface area contributed by atoms with E-state index in [9.17, 15) is 14.4 Å². The van der Waals surface area contributed by atoms with E-state index in [-0.39, 0.29) is 24.9 Å². The predicted molar refractivity (Wildman–Crippen MR) is 89.5 cm³/mol. The van der Waals surface area contributed by atoms with Crippen molar-refractivity contribution in [3.8, 4) is 0 Å². The summed E-state index contributed by atoms with van der Waals surface area (Å²) >= 11 is 0. The molecule has 2 N–H and O–H groups in total. The van der Waals surface area contributed by atoms with Crippen LogP contribution in [-0.4, -0.2) is 28.3 Å². The third-order valence-corrected chi connectivity index (χ3v) is 3.98. The van der Waals surface area contributed by atoms with Crippen LogP contribution in [0.2, 0.25) is 0 Å². The van der Waals surface area contributed by atoms with Gasteiger partial charge in [-0.3, -0.25) is 14.5 Å². The number of hydrogen-bond donors (Lipinski definition) is 2. The third kappa shape index (κ3) is 3.55. The fourth-order valence-corrected chi connectivity index (χ4v) is 2.64. The predicted octanol–water partition coefficient (Wildman–Crippen LogP) is 2.04. The summed E-state index contributed by atoms with van der Waals surface area (Å²) in [6.45, 7) is 3.72. The summed E-state index contributed by atoms with van der Waals surface area (Å²) in [5.41, 5.74) is 0.247. The zero-order chi connectivity index (χ0) is 18.0. The van der Waals surface area contributed by atoms with Gasteiger partial charge in [0, 0.05) is 5.56 Å². The largest absolute Gasteiger partial charge is 0.467 e. The molecular weight excluding hydrogens is 322 g/mol. The summed E-state index contributed by atoms with van der Waals surface area (Å²) < 4.78 is 5.17. The molecule has 4 amide bonds. The minimum atomic E-state index is -0.908. The first-order valence-corrected chi connectivity index (χ1v) is 7.90. The Morgan fingerprint density at radius 3 is 2.68 bits per heavy atom. The number of rotatable bonds is 5. The standard InChI is InChI=1S/C18H19N3O4/c1-18(2)16(23)21(17(24)20-18)11-12-5-3-6-13(9-12)15(22)19-10-14-7-4-8-25-14/h3-9H,10-11H2,1-2H3,(H,19,22)(H,20,24). The normalized spacial score (nSPS) is 16.0. The highest BCUT2D eigenvalue weighted by atomic mass is 16.3. The molecule has 0 atom stereocenters. The number of carbonyl (C=O) groups is 3. The smallest absolute Gasteiger partial charge is 0.325 e. The molecule has 0 saturated carbocycles. The molecule has 1 fully saturated rings. The van der Waals surface area contributed by atoms with Crippen LogP contribution in [-0.2, 0) is 17.9 Å². The maximum Gasteiger partial charge on any atom is 0.325 e. The fraction of sp³-hybridized carbons (Fsp3) is 0.278. The van der Waals surface area contributed by atoms with Gasteiger partial charge in [0.1, 0.15) is 11.3 Å². The molecule has 0 spiro atoms. The van der Waals surface area contributed by atoms with Gasteiger partial charge in [0.25, 0.3) is 11.8 Å². The van der Waals surface area contributed by atoms with Crippen molar-refractivity contribution < 1.29 is 18.8 Å². The fourth-order valence-electron chi connectivity index (χ4n) is 2.64. The number of benzene rings is 1. The number of nitrogens with zero attached hydrogens (tertiary/aromatic N) is 1. The second kappa shape index (κ2) is 6.43. The van der Waals surface area contributed by atoms with Crippen LogP contribution in [0.4, 0.5) is 4.79 Å². The van der Waals surface area contributed by atoms with Gasteiger partial charge in [-0.05, 0) is 43.7 Å². The van der Waals surface area contributed by atoms with Crippen LogP contribution >= 0.6 is 0 Å². The molecule has 2 aromatic rings. The van der Waals surface area contributed by atoms with Crippen molar-refractivity contribution in [2.75, 3.05) is 0 Å². The van der Waals surface area contributed by atoms with Crippen molar-refractivity contribution in [3.63, 3.8) is 0 Å². The highest BCUT2D eigenvalue weighted by Gasteiger charge is 2.44. The van der Waals surface area contributed by atoms with E-state index in [1.807, 2.05) is 0 Å². The molecule has 0 unspecified atom stereocenters. The van der Waals surface area contributed by atoms with Gasteiger partial charge in [-0.15, -0.1) is 0 Å². The maximum atomic E-state index is 12.2. The van der Waals surface area contributed by atoms with Crippen molar-refractivity contribution in [1.82, 2.24) is 15.5 Å². The molecular formula is C18H19N3O4. The molecule has 0 radical (unpaired) electrons. The van der Waals surface area contributed by atoms with Gasteiger partial charge >= 0.3 is 6.03 Å². The Kier molecular flexibility index (Phi) is 4.31. The number of amides is 4. The number of hydrogen-bond acceptors (Lipinski definition) is 4. The molecule has 130 valence electrons. The molecule has 0 bridgehead atoms. The van der Waals surface area contributed by atoms with Gasteiger partial charge in [0.2, 0.25) is 0 Å². The van der Waals surface area contributed by atoms with Gasteiger partial charge in [0.15, 0.2) is 0 Å². The van der Waals surface area contributed by atoms with Crippen LogP contribution in [0.25, 0.3) is 0 Å². The molecule has 7 heteroatoms. The number of carbonyl (C=O) groups excluding carboxylic acids is 3. The Hall–Kier alpha value is -3.09. The number of urea groups is 1. The minimum absolute atomic E-state index is 0.118. The van der Waals surface area contributed by atoms with E-state index >= 15 is 0 Å². The van der Waals surface area contributed by atoms with Crippen LogP contribution in [0.1, 0.15) is 35.5 Å². The Balaban J connectivity index is 1.68. The molecule has 2 heterocycles. The van der Waals surface area contributed by atoms with Crippen LogP contribution in [0, 0.1) is 0 Å². The first kappa shape index (κ1) is 16.8. The lowest BCUT2D eigenvalue weighted by Gasteiger charge is -2.16. The van der Waals surface area contributed by atoms with Crippen molar-refractivity contribution in [3.05, 3.63) is 59.5 Å². The van der Waals surface area contributed by atoms with Crippen LogP contribution in [0.5, 0.6) is 0 Å². The Morgan fingerprint density at radius 1 is 1.24 bits per heavy atom. The molecule has 1 aliphatic rings. The van der Waals surface area contributed by atoms with Gasteiger partial charge in [0.05, 0.1) is 19.4 Å². The lowest BCUT2D eigenvalue weighted by molar-refractivity contribution is -0.130. The van der Waals surface area contributed by atoms with Gasteiger partial charge in [-0.2, -0.15) is 0 Å². The first-order valence-electron chi connectivity index (χ1n) is 7.90. The monoisotopic (exact) mass is 341 g/mol. The van der Waals surface area contributed by atoms with E-state index in [0.717, 1.165) is 4.90 Å². The van der Waals surface area contributed by atoms with E-state index < -0.39 is 11.6 Å². The van der Waals surface area contributed by atoms with Crippen molar-refractivity contribution in [1.29, 1.82) is 0 Å². The second-order valence-corrected chi connectivity index (χ2v) is 6.41. The van der Waals surface area contributed by atoms with E-state index in [2.05, 4.69) is 10.6 Å². The lowest BCUT2D eigenvalue weighted by atomic mass is 10.1. The van der Waals surface area contributed by atoms with E-state index in [4.69, 9.17) is 4.42 Å². The molecule has 3 rings (SSSR count). The lowest BCUT2D eigenvalue weighted by Crippen LogP contribution is -2.40. The average molecular weight is 341 g/mol. The maximum absolute atomic E-state index is 12.2. The molecule has 1 saturated heterocycles. The quantitative estimate of drug-likeness (QED) is 0.814. The highest BCUT2D eigenvalue weighted by Crippen LogP contribution is 2.19. The number of nitrogens with one attached hydrogen (secondary N) is 2. The van der Waals surface area contributed by atoms with Crippen molar-refractivity contribution in [2.45, 2.75) is 32.5 Å². The second-order valence-electron chi connectivity index (χ2n) is 6.41. The Labute approximate surface area is 145 Å². The zero-order valence-corrected chi connectivity index (χ0v) is 14.0. The molecule has 7 nitrogen and oxygen atoms in total.